The second kappa shape index (κ2) is 6.59. The van der Waals surface area contributed by atoms with Gasteiger partial charge >= 0.3 is 5.97 Å². The minimum atomic E-state index is -0.436. The second-order valence-electron chi connectivity index (χ2n) is 4.53. The number of aromatic nitrogens is 3. The van der Waals surface area contributed by atoms with E-state index in [1.807, 2.05) is 0 Å². The molecule has 1 aliphatic heterocycles. The van der Waals surface area contributed by atoms with Crippen LogP contribution in [0.15, 0.2) is 28.3 Å². The molecule has 0 saturated carbocycles. The number of thioether (sulfide) groups is 2. The van der Waals surface area contributed by atoms with E-state index in [0.29, 0.717) is 29.0 Å². The largest absolute Gasteiger partial charge is 0.465 e. The lowest BCUT2D eigenvalue weighted by Crippen LogP contribution is -2.10. The van der Waals surface area contributed by atoms with Crippen molar-refractivity contribution < 1.29 is 14.5 Å². The maximum Gasteiger partial charge on any atom is 0.316 e. The smallest absolute Gasteiger partial charge is 0.316 e. The molecular weight excluding hydrogens is 340 g/mol. The van der Waals surface area contributed by atoms with E-state index in [-0.39, 0.29) is 17.4 Å². The monoisotopic (exact) mass is 352 g/mol. The zero-order valence-electron chi connectivity index (χ0n) is 12.1. The Morgan fingerprint density at radius 2 is 2.35 bits per heavy atom. The van der Waals surface area contributed by atoms with Gasteiger partial charge in [-0.05, 0) is 13.0 Å². The standard InChI is InChI=1S/C13H12N4O4S2/c1-2-21-12(18)7-23-13-15-14-11-6-22-10-4-3-8(17(19)20)5-9(10)16(11)13/h3-5H,2,6-7H2,1H3. The number of hydrogen-bond donors (Lipinski definition) is 0. The van der Waals surface area contributed by atoms with E-state index in [4.69, 9.17) is 4.74 Å². The number of benzene rings is 1. The Morgan fingerprint density at radius 1 is 1.52 bits per heavy atom. The number of non-ortho nitro benzene ring substituents is 1. The minimum absolute atomic E-state index is 0.00671. The first-order valence-electron chi connectivity index (χ1n) is 6.74. The molecule has 2 heterocycles. The van der Waals surface area contributed by atoms with Crippen molar-refractivity contribution in [2.24, 2.45) is 0 Å². The molecule has 2 aromatic rings. The molecule has 1 aromatic heterocycles. The second-order valence-corrected chi connectivity index (χ2v) is 6.49. The zero-order valence-corrected chi connectivity index (χ0v) is 13.7. The van der Waals surface area contributed by atoms with Crippen LogP contribution in [0, 0.1) is 10.1 Å². The summed E-state index contributed by atoms with van der Waals surface area (Å²) in [5.74, 6) is 1.11. The Balaban J connectivity index is 1.93. The molecule has 10 heteroatoms. The number of esters is 1. The predicted octanol–water partition coefficient (Wildman–Crippen LogP) is 2.44. The first kappa shape index (κ1) is 15.8. The minimum Gasteiger partial charge on any atom is -0.465 e. The van der Waals surface area contributed by atoms with E-state index in [2.05, 4.69) is 10.2 Å². The van der Waals surface area contributed by atoms with Gasteiger partial charge in [0.1, 0.15) is 5.82 Å². The third-order valence-electron chi connectivity index (χ3n) is 3.08. The lowest BCUT2D eigenvalue weighted by molar-refractivity contribution is -0.384. The van der Waals surface area contributed by atoms with Gasteiger partial charge in [0.25, 0.3) is 5.69 Å². The third-order valence-corrected chi connectivity index (χ3v) is 5.04. The fraction of sp³-hybridized carbons (Fsp3) is 0.308. The highest BCUT2D eigenvalue weighted by Gasteiger charge is 2.24. The van der Waals surface area contributed by atoms with Crippen LogP contribution in [0.3, 0.4) is 0 Å². The number of ether oxygens (including phenoxy) is 1. The summed E-state index contributed by atoms with van der Waals surface area (Å²) in [6.07, 6.45) is 0. The van der Waals surface area contributed by atoms with Crippen LogP contribution in [0.25, 0.3) is 5.69 Å². The fourth-order valence-electron chi connectivity index (χ4n) is 2.11. The Bertz CT molecular complexity index is 777. The van der Waals surface area contributed by atoms with Crippen LogP contribution in [-0.2, 0) is 15.3 Å². The zero-order chi connectivity index (χ0) is 16.4. The van der Waals surface area contributed by atoms with E-state index in [1.54, 1.807) is 29.3 Å². The lowest BCUT2D eigenvalue weighted by Gasteiger charge is -2.18. The molecule has 8 nitrogen and oxygen atoms in total. The highest BCUT2D eigenvalue weighted by Crippen LogP contribution is 2.38. The van der Waals surface area contributed by atoms with E-state index in [9.17, 15) is 14.9 Å². The highest BCUT2D eigenvalue weighted by molar-refractivity contribution is 8.00. The molecule has 0 fully saturated rings. The van der Waals surface area contributed by atoms with Gasteiger partial charge < -0.3 is 4.74 Å². The van der Waals surface area contributed by atoms with Crippen LogP contribution in [-0.4, -0.2) is 38.0 Å². The van der Waals surface area contributed by atoms with Crippen LogP contribution in [0.1, 0.15) is 12.7 Å². The van der Waals surface area contributed by atoms with Gasteiger partial charge in [-0.15, -0.1) is 22.0 Å². The summed E-state index contributed by atoms with van der Waals surface area (Å²) < 4.78 is 6.66. The van der Waals surface area contributed by atoms with Crippen molar-refractivity contribution in [3.8, 4) is 5.69 Å². The molecule has 0 amide bonds. The first-order chi connectivity index (χ1) is 11.1. The van der Waals surface area contributed by atoms with Crippen LogP contribution in [0.2, 0.25) is 0 Å². The summed E-state index contributed by atoms with van der Waals surface area (Å²) >= 11 is 2.75. The lowest BCUT2D eigenvalue weighted by atomic mass is 10.2. The number of hydrogen-bond acceptors (Lipinski definition) is 8. The molecule has 1 aliphatic rings. The molecule has 0 unspecified atom stereocenters. The normalized spacial score (nSPS) is 12.4. The molecule has 120 valence electrons. The maximum absolute atomic E-state index is 11.5. The van der Waals surface area contributed by atoms with E-state index in [0.717, 1.165) is 4.90 Å². The summed E-state index contributed by atoms with van der Waals surface area (Å²) in [5.41, 5.74) is 0.675. The number of rotatable bonds is 5. The van der Waals surface area contributed by atoms with E-state index >= 15 is 0 Å². The Kier molecular flexibility index (Phi) is 4.53. The molecule has 0 atom stereocenters. The van der Waals surface area contributed by atoms with Crippen LogP contribution < -0.4 is 0 Å². The first-order valence-corrected chi connectivity index (χ1v) is 8.71. The Labute approximate surface area is 139 Å². The summed E-state index contributed by atoms with van der Waals surface area (Å²) in [6, 6.07) is 4.70. The van der Waals surface area contributed by atoms with Crippen molar-refractivity contribution in [3.63, 3.8) is 0 Å². The molecule has 0 saturated heterocycles. The molecule has 1 aromatic carbocycles. The molecule has 0 bridgehead atoms. The average Bonchev–Trinajstić information content (AvgIpc) is 2.96. The number of carbonyl (C=O) groups excluding carboxylic acids is 1. The van der Waals surface area contributed by atoms with E-state index in [1.165, 1.54) is 23.9 Å². The SMILES string of the molecule is CCOC(=O)CSc1nnc2n1-c1cc([N+](=O)[O-])ccc1SC2. The molecule has 3 rings (SSSR count). The average molecular weight is 352 g/mol. The van der Waals surface area contributed by atoms with Gasteiger partial charge in [0.05, 0.1) is 28.7 Å². The van der Waals surface area contributed by atoms with Crippen molar-refractivity contribution in [1.82, 2.24) is 14.8 Å². The Hall–Kier alpha value is -2.07. The molecule has 23 heavy (non-hydrogen) atoms. The highest BCUT2D eigenvalue weighted by atomic mass is 32.2. The molecule has 0 aliphatic carbocycles. The van der Waals surface area contributed by atoms with Gasteiger partial charge in [-0.2, -0.15) is 0 Å². The molecule has 0 spiro atoms. The summed E-state index contributed by atoms with van der Waals surface area (Å²) in [5, 5.41) is 19.7. The summed E-state index contributed by atoms with van der Waals surface area (Å²) in [4.78, 5) is 23.0. The van der Waals surface area contributed by atoms with Gasteiger partial charge in [-0.25, -0.2) is 0 Å². The van der Waals surface area contributed by atoms with Crippen molar-refractivity contribution >= 4 is 35.2 Å². The van der Waals surface area contributed by atoms with Crippen molar-refractivity contribution in [2.75, 3.05) is 12.4 Å². The van der Waals surface area contributed by atoms with Crippen LogP contribution in [0.4, 0.5) is 5.69 Å². The van der Waals surface area contributed by atoms with Crippen LogP contribution in [0.5, 0.6) is 0 Å². The number of fused-ring (bicyclic) bond motifs is 3. The molecule has 0 radical (unpaired) electrons. The quantitative estimate of drug-likeness (QED) is 0.350. The van der Waals surface area contributed by atoms with Gasteiger partial charge in [0.2, 0.25) is 0 Å². The topological polar surface area (TPSA) is 100 Å². The van der Waals surface area contributed by atoms with Gasteiger partial charge in [-0.1, -0.05) is 11.8 Å². The van der Waals surface area contributed by atoms with Gasteiger partial charge in [0.15, 0.2) is 5.16 Å². The van der Waals surface area contributed by atoms with Gasteiger partial charge in [0, 0.05) is 17.0 Å². The Morgan fingerprint density at radius 3 is 3.09 bits per heavy atom. The van der Waals surface area contributed by atoms with Crippen molar-refractivity contribution in [2.45, 2.75) is 22.7 Å². The van der Waals surface area contributed by atoms with E-state index < -0.39 is 4.92 Å². The van der Waals surface area contributed by atoms with Crippen molar-refractivity contribution in [1.29, 1.82) is 0 Å². The summed E-state index contributed by atoms with van der Waals surface area (Å²) in [7, 11) is 0. The number of carbonyl (C=O) groups is 1. The molecule has 0 N–H and O–H groups in total. The fourth-order valence-corrected chi connectivity index (χ4v) is 3.81. The molecular formula is C13H12N4O4S2. The van der Waals surface area contributed by atoms with Crippen molar-refractivity contribution in [3.05, 3.63) is 34.1 Å². The summed E-state index contributed by atoms with van der Waals surface area (Å²) in [6.45, 7) is 2.07. The maximum atomic E-state index is 11.5. The third kappa shape index (κ3) is 3.17. The predicted molar refractivity (Wildman–Crippen MR) is 84.9 cm³/mol. The number of nitro groups is 1. The number of nitrogens with zero attached hydrogens (tertiary/aromatic N) is 4. The van der Waals surface area contributed by atoms with Gasteiger partial charge in [-0.3, -0.25) is 19.5 Å². The number of nitro benzene ring substituents is 1. The van der Waals surface area contributed by atoms with Crippen LogP contribution >= 0.6 is 23.5 Å².